The van der Waals surface area contributed by atoms with Crippen molar-refractivity contribution < 1.29 is 28.8 Å². The van der Waals surface area contributed by atoms with Crippen LogP contribution in [-0.4, -0.2) is 47.6 Å². The minimum absolute atomic E-state index is 0.0758. The van der Waals surface area contributed by atoms with Crippen LogP contribution in [0.2, 0.25) is 0 Å². The molecule has 0 aromatic heterocycles. The van der Waals surface area contributed by atoms with Gasteiger partial charge in [0.2, 0.25) is 0 Å². The third kappa shape index (κ3) is 4.85. The van der Waals surface area contributed by atoms with Gasteiger partial charge in [-0.25, -0.2) is 0 Å². The summed E-state index contributed by atoms with van der Waals surface area (Å²) in [5.74, 6) is -4.29. The first kappa shape index (κ1) is 22.2. The zero-order valence-electron chi connectivity index (χ0n) is 16.7. The van der Waals surface area contributed by atoms with Crippen LogP contribution >= 0.6 is 0 Å². The standard InChI is InChI=1S/C20H24N2O7/c1-5-28-19(24)18-15(10-23)21-12(4)16(20(25)29-11(2)3)17(18)13-7-6-8-14(9-13)22(26)27/h6-11,15-18H,5H2,1-4H3. The van der Waals surface area contributed by atoms with Gasteiger partial charge < -0.3 is 14.3 Å². The van der Waals surface area contributed by atoms with E-state index in [0.29, 0.717) is 17.6 Å². The normalized spacial score (nSPS) is 23.8. The number of ether oxygens (including phenoxy) is 2. The van der Waals surface area contributed by atoms with E-state index in [1.54, 1.807) is 33.8 Å². The summed E-state index contributed by atoms with van der Waals surface area (Å²) in [7, 11) is 0. The van der Waals surface area contributed by atoms with Crippen LogP contribution in [0.4, 0.5) is 5.69 Å². The van der Waals surface area contributed by atoms with E-state index in [4.69, 9.17) is 9.47 Å². The monoisotopic (exact) mass is 404 g/mol. The highest BCUT2D eigenvalue weighted by molar-refractivity contribution is 6.04. The van der Waals surface area contributed by atoms with Crippen LogP contribution in [0, 0.1) is 22.0 Å². The van der Waals surface area contributed by atoms with E-state index in [2.05, 4.69) is 4.99 Å². The fourth-order valence-corrected chi connectivity index (χ4v) is 3.58. The number of nitro groups is 1. The van der Waals surface area contributed by atoms with Crippen LogP contribution in [0.5, 0.6) is 0 Å². The number of benzene rings is 1. The third-order valence-electron chi connectivity index (χ3n) is 4.69. The molecule has 1 aliphatic rings. The van der Waals surface area contributed by atoms with Crippen LogP contribution in [0.15, 0.2) is 29.3 Å². The van der Waals surface area contributed by atoms with Gasteiger partial charge in [0, 0.05) is 23.8 Å². The number of esters is 2. The van der Waals surface area contributed by atoms with E-state index < -0.39 is 46.8 Å². The predicted octanol–water partition coefficient (Wildman–Crippen LogP) is 2.47. The molecule has 1 aliphatic heterocycles. The molecular weight excluding hydrogens is 380 g/mol. The smallest absolute Gasteiger partial charge is 0.315 e. The van der Waals surface area contributed by atoms with Crippen molar-refractivity contribution in [1.82, 2.24) is 0 Å². The van der Waals surface area contributed by atoms with Crippen molar-refractivity contribution in [2.75, 3.05) is 6.61 Å². The Labute approximate surface area is 168 Å². The Kier molecular flexibility index (Phi) is 7.19. The molecule has 0 saturated heterocycles. The van der Waals surface area contributed by atoms with Crippen molar-refractivity contribution in [3.63, 3.8) is 0 Å². The quantitative estimate of drug-likeness (QED) is 0.296. The molecule has 1 aromatic carbocycles. The van der Waals surface area contributed by atoms with E-state index in [1.807, 2.05) is 0 Å². The number of aliphatic imine (C=N–C) groups is 1. The van der Waals surface area contributed by atoms with Gasteiger partial charge in [-0.05, 0) is 33.3 Å². The van der Waals surface area contributed by atoms with Crippen LogP contribution < -0.4 is 0 Å². The Morgan fingerprint density at radius 2 is 2.00 bits per heavy atom. The van der Waals surface area contributed by atoms with Crippen molar-refractivity contribution in [1.29, 1.82) is 0 Å². The Morgan fingerprint density at radius 1 is 1.31 bits per heavy atom. The van der Waals surface area contributed by atoms with Crippen LogP contribution in [0.1, 0.15) is 39.2 Å². The molecule has 0 radical (unpaired) electrons. The average molecular weight is 404 g/mol. The van der Waals surface area contributed by atoms with Crippen molar-refractivity contribution >= 4 is 29.6 Å². The number of aldehydes is 1. The molecule has 2 rings (SSSR count). The van der Waals surface area contributed by atoms with Gasteiger partial charge in [-0.2, -0.15) is 0 Å². The fraction of sp³-hybridized carbons (Fsp3) is 0.500. The second-order valence-electron chi connectivity index (χ2n) is 7.02. The summed E-state index contributed by atoms with van der Waals surface area (Å²) in [4.78, 5) is 52.2. The maximum absolute atomic E-state index is 12.9. The van der Waals surface area contributed by atoms with E-state index in [9.17, 15) is 24.5 Å². The first-order chi connectivity index (χ1) is 13.7. The van der Waals surface area contributed by atoms with Gasteiger partial charge in [0.05, 0.1) is 23.6 Å². The van der Waals surface area contributed by atoms with E-state index >= 15 is 0 Å². The Bertz CT molecular complexity index is 834. The molecule has 0 N–H and O–H groups in total. The lowest BCUT2D eigenvalue weighted by atomic mass is 9.70. The molecule has 0 spiro atoms. The predicted molar refractivity (Wildman–Crippen MR) is 104 cm³/mol. The first-order valence-corrected chi connectivity index (χ1v) is 9.32. The zero-order valence-corrected chi connectivity index (χ0v) is 16.7. The first-order valence-electron chi connectivity index (χ1n) is 9.32. The highest BCUT2D eigenvalue weighted by atomic mass is 16.6. The molecule has 29 heavy (non-hydrogen) atoms. The third-order valence-corrected chi connectivity index (χ3v) is 4.69. The number of nitro benzene ring substituents is 1. The van der Waals surface area contributed by atoms with Crippen LogP contribution in [-0.2, 0) is 23.9 Å². The number of carbonyl (C=O) groups is 3. The molecule has 4 unspecified atom stereocenters. The average Bonchev–Trinajstić information content (AvgIpc) is 2.66. The van der Waals surface area contributed by atoms with Gasteiger partial charge in [0.1, 0.15) is 18.2 Å². The van der Waals surface area contributed by atoms with Gasteiger partial charge in [-0.15, -0.1) is 0 Å². The lowest BCUT2D eigenvalue weighted by molar-refractivity contribution is -0.384. The zero-order chi connectivity index (χ0) is 21.7. The van der Waals surface area contributed by atoms with Crippen molar-refractivity contribution in [3.05, 3.63) is 39.9 Å². The van der Waals surface area contributed by atoms with Crippen molar-refractivity contribution in [3.8, 4) is 0 Å². The Morgan fingerprint density at radius 3 is 2.55 bits per heavy atom. The van der Waals surface area contributed by atoms with Gasteiger partial charge in [0.25, 0.3) is 5.69 Å². The highest BCUT2D eigenvalue weighted by Gasteiger charge is 2.49. The summed E-state index contributed by atoms with van der Waals surface area (Å²) in [5.41, 5.74) is 0.498. The molecule has 0 saturated carbocycles. The number of carbonyl (C=O) groups excluding carboxylic acids is 3. The van der Waals surface area contributed by atoms with Gasteiger partial charge in [0.15, 0.2) is 0 Å². The maximum atomic E-state index is 12.9. The number of hydrogen-bond acceptors (Lipinski definition) is 8. The second kappa shape index (κ2) is 9.40. The Balaban J connectivity index is 2.67. The van der Waals surface area contributed by atoms with E-state index in [1.165, 1.54) is 18.2 Å². The Hall–Kier alpha value is -3.10. The fourth-order valence-electron chi connectivity index (χ4n) is 3.58. The summed E-state index contributed by atoms with van der Waals surface area (Å²) >= 11 is 0. The summed E-state index contributed by atoms with van der Waals surface area (Å²) in [6.07, 6.45) is 0.116. The van der Waals surface area contributed by atoms with Crippen LogP contribution in [0.25, 0.3) is 0 Å². The van der Waals surface area contributed by atoms with E-state index in [-0.39, 0.29) is 12.3 Å². The lowest BCUT2D eigenvalue weighted by Crippen LogP contribution is -2.47. The summed E-state index contributed by atoms with van der Waals surface area (Å²) < 4.78 is 10.5. The molecule has 9 heteroatoms. The summed E-state index contributed by atoms with van der Waals surface area (Å²) in [5, 5.41) is 11.2. The topological polar surface area (TPSA) is 125 Å². The molecule has 1 heterocycles. The molecule has 0 bridgehead atoms. The molecule has 0 fully saturated rings. The largest absolute Gasteiger partial charge is 0.466 e. The molecule has 0 amide bonds. The van der Waals surface area contributed by atoms with Gasteiger partial charge in [-0.1, -0.05) is 12.1 Å². The minimum atomic E-state index is -1.11. The summed E-state index contributed by atoms with van der Waals surface area (Å²) in [6.45, 7) is 6.65. The SMILES string of the molecule is CCOC(=O)C1C(C=O)N=C(C)C(C(=O)OC(C)C)C1c1cccc([N+](=O)[O-])c1. The molecule has 156 valence electrons. The molecule has 9 nitrogen and oxygen atoms in total. The van der Waals surface area contributed by atoms with Gasteiger partial charge >= 0.3 is 11.9 Å². The van der Waals surface area contributed by atoms with Crippen molar-refractivity contribution in [2.24, 2.45) is 16.8 Å². The van der Waals surface area contributed by atoms with Gasteiger partial charge in [-0.3, -0.25) is 24.7 Å². The number of rotatable bonds is 7. The molecular formula is C20H24N2O7. The minimum Gasteiger partial charge on any atom is -0.466 e. The number of non-ortho nitro benzene ring substituents is 1. The lowest BCUT2D eigenvalue weighted by Gasteiger charge is -2.37. The maximum Gasteiger partial charge on any atom is 0.315 e. The highest BCUT2D eigenvalue weighted by Crippen LogP contribution is 2.41. The number of nitrogens with zero attached hydrogens (tertiary/aromatic N) is 2. The number of hydrogen-bond donors (Lipinski definition) is 0. The van der Waals surface area contributed by atoms with Crippen LogP contribution in [0.3, 0.4) is 0 Å². The molecule has 0 aliphatic carbocycles. The van der Waals surface area contributed by atoms with Crippen molar-refractivity contribution in [2.45, 2.75) is 45.8 Å². The second-order valence-corrected chi connectivity index (χ2v) is 7.02. The molecule has 4 atom stereocenters. The van der Waals surface area contributed by atoms with E-state index in [0.717, 1.165) is 0 Å². The summed E-state index contributed by atoms with van der Waals surface area (Å²) in [6, 6.07) is 4.59. The molecule has 1 aromatic rings.